The van der Waals surface area contributed by atoms with Gasteiger partial charge in [-0.15, -0.1) is 0 Å². The van der Waals surface area contributed by atoms with Crippen molar-refractivity contribution in [3.63, 3.8) is 0 Å². The Labute approximate surface area is 176 Å². The van der Waals surface area contributed by atoms with Crippen molar-refractivity contribution < 1.29 is 18.8 Å². The smallest absolute Gasteiger partial charge is 0.255 e. The number of aryl methyl sites for hydroxylation is 2. The van der Waals surface area contributed by atoms with Gasteiger partial charge in [0.2, 0.25) is 0 Å². The van der Waals surface area contributed by atoms with Crippen molar-refractivity contribution in [1.29, 1.82) is 0 Å². The van der Waals surface area contributed by atoms with Crippen LogP contribution >= 0.6 is 0 Å². The number of primary amides is 1. The lowest BCUT2D eigenvalue weighted by molar-refractivity contribution is -0.119. The molecule has 0 unspecified atom stereocenters. The fourth-order valence-electron chi connectivity index (χ4n) is 3.39. The second kappa shape index (κ2) is 9.45. The Balaban J connectivity index is 1.91. The molecule has 0 radical (unpaired) electrons. The number of carbonyl (C=O) groups is 1. The first-order valence-electron chi connectivity index (χ1n) is 9.66. The highest BCUT2D eigenvalue weighted by Crippen LogP contribution is 2.33. The second-order valence-corrected chi connectivity index (χ2v) is 7.25. The van der Waals surface area contributed by atoms with Gasteiger partial charge in [-0.2, -0.15) is 0 Å². The van der Waals surface area contributed by atoms with Gasteiger partial charge in [0.15, 0.2) is 6.61 Å². The quantitative estimate of drug-likeness (QED) is 0.582. The Morgan fingerprint density at radius 3 is 2.57 bits per heavy atom. The van der Waals surface area contributed by atoms with E-state index in [9.17, 15) is 4.79 Å². The molecule has 0 saturated carbocycles. The summed E-state index contributed by atoms with van der Waals surface area (Å²) in [6.45, 7) is 4.95. The van der Waals surface area contributed by atoms with Crippen molar-refractivity contribution in [2.24, 2.45) is 5.73 Å². The van der Waals surface area contributed by atoms with E-state index in [1.807, 2.05) is 57.3 Å². The zero-order chi connectivity index (χ0) is 21.7. The molecule has 0 spiro atoms. The number of hydrogen-bond acceptors (Lipinski definition) is 6. The van der Waals surface area contributed by atoms with E-state index >= 15 is 0 Å². The van der Waals surface area contributed by atoms with Crippen molar-refractivity contribution in [3.8, 4) is 22.6 Å². The number of para-hydroxylation sites is 1. The SMILES string of the molecule is COc1ccccc1-c1ccc(OCC(N)=O)c(CN(C)Cc2c(C)noc2C)c1. The third-order valence-corrected chi connectivity index (χ3v) is 4.90. The van der Waals surface area contributed by atoms with Gasteiger partial charge in [0, 0.05) is 29.8 Å². The molecular formula is C23H27N3O4. The summed E-state index contributed by atoms with van der Waals surface area (Å²) in [6.07, 6.45) is 0. The average Bonchev–Trinajstić information content (AvgIpc) is 3.04. The van der Waals surface area contributed by atoms with Crippen LogP contribution in [0, 0.1) is 13.8 Å². The van der Waals surface area contributed by atoms with Crippen LogP contribution in [0.5, 0.6) is 11.5 Å². The zero-order valence-corrected chi connectivity index (χ0v) is 17.8. The number of nitrogens with zero attached hydrogens (tertiary/aromatic N) is 2. The second-order valence-electron chi connectivity index (χ2n) is 7.25. The van der Waals surface area contributed by atoms with Crippen molar-refractivity contribution in [2.75, 3.05) is 20.8 Å². The summed E-state index contributed by atoms with van der Waals surface area (Å²) in [7, 11) is 3.67. The molecule has 0 aliphatic carbocycles. The number of ether oxygens (including phenoxy) is 2. The summed E-state index contributed by atoms with van der Waals surface area (Å²) in [4.78, 5) is 13.4. The molecule has 7 nitrogen and oxygen atoms in total. The highest BCUT2D eigenvalue weighted by molar-refractivity contribution is 5.75. The van der Waals surface area contributed by atoms with Gasteiger partial charge in [-0.05, 0) is 44.7 Å². The Kier molecular flexibility index (Phi) is 6.74. The molecule has 2 aromatic carbocycles. The fraction of sp³-hybridized carbons (Fsp3) is 0.304. The molecule has 2 N–H and O–H groups in total. The number of aromatic nitrogens is 1. The van der Waals surface area contributed by atoms with Crippen LogP contribution in [-0.2, 0) is 17.9 Å². The summed E-state index contributed by atoms with van der Waals surface area (Å²) in [5.74, 6) is 1.71. The number of hydrogen-bond donors (Lipinski definition) is 1. The van der Waals surface area contributed by atoms with E-state index < -0.39 is 5.91 Å². The zero-order valence-electron chi connectivity index (χ0n) is 17.8. The first kappa shape index (κ1) is 21.4. The average molecular weight is 409 g/mol. The molecule has 0 bridgehead atoms. The summed E-state index contributed by atoms with van der Waals surface area (Å²) in [5, 5.41) is 4.02. The first-order valence-corrected chi connectivity index (χ1v) is 9.66. The Hall–Kier alpha value is -3.32. The number of rotatable bonds is 9. The van der Waals surface area contributed by atoms with Crippen LogP contribution < -0.4 is 15.2 Å². The van der Waals surface area contributed by atoms with Gasteiger partial charge >= 0.3 is 0 Å². The minimum atomic E-state index is -0.515. The molecular weight excluding hydrogens is 382 g/mol. The lowest BCUT2D eigenvalue weighted by atomic mass is 10.0. The topological polar surface area (TPSA) is 90.8 Å². The van der Waals surface area contributed by atoms with E-state index in [4.69, 9.17) is 19.7 Å². The third-order valence-electron chi connectivity index (χ3n) is 4.90. The Morgan fingerprint density at radius 1 is 1.13 bits per heavy atom. The molecule has 1 aromatic heterocycles. The molecule has 0 saturated heterocycles. The number of benzene rings is 2. The van der Waals surface area contributed by atoms with E-state index in [1.54, 1.807) is 7.11 Å². The predicted octanol–water partition coefficient (Wildman–Crippen LogP) is 3.46. The van der Waals surface area contributed by atoms with Crippen LogP contribution in [0.3, 0.4) is 0 Å². The monoisotopic (exact) mass is 409 g/mol. The highest BCUT2D eigenvalue weighted by atomic mass is 16.5. The van der Waals surface area contributed by atoms with Crippen molar-refractivity contribution in [3.05, 3.63) is 65.0 Å². The Bertz CT molecular complexity index is 1010. The molecule has 0 aliphatic rings. The summed E-state index contributed by atoms with van der Waals surface area (Å²) in [5.41, 5.74) is 10.1. The van der Waals surface area contributed by atoms with Crippen molar-refractivity contribution in [1.82, 2.24) is 10.1 Å². The van der Waals surface area contributed by atoms with Gasteiger partial charge in [0.25, 0.3) is 5.91 Å². The lowest BCUT2D eigenvalue weighted by Crippen LogP contribution is -2.22. The predicted molar refractivity (Wildman–Crippen MR) is 114 cm³/mol. The largest absolute Gasteiger partial charge is 0.496 e. The van der Waals surface area contributed by atoms with E-state index in [2.05, 4.69) is 16.1 Å². The van der Waals surface area contributed by atoms with Gasteiger partial charge in [0.05, 0.1) is 12.8 Å². The normalized spacial score (nSPS) is 11.0. The summed E-state index contributed by atoms with van der Waals surface area (Å²) in [6, 6.07) is 13.7. The van der Waals surface area contributed by atoms with Crippen LogP contribution in [0.2, 0.25) is 0 Å². The first-order chi connectivity index (χ1) is 14.4. The van der Waals surface area contributed by atoms with Crippen LogP contribution in [0.4, 0.5) is 0 Å². The maximum absolute atomic E-state index is 11.2. The van der Waals surface area contributed by atoms with E-state index in [0.717, 1.165) is 39.5 Å². The van der Waals surface area contributed by atoms with Crippen molar-refractivity contribution >= 4 is 5.91 Å². The van der Waals surface area contributed by atoms with Gasteiger partial charge in [0.1, 0.15) is 17.3 Å². The number of methoxy groups -OCH3 is 1. The lowest BCUT2D eigenvalue weighted by Gasteiger charge is -2.20. The third kappa shape index (κ3) is 4.99. The van der Waals surface area contributed by atoms with E-state index in [0.29, 0.717) is 18.8 Å². The molecule has 7 heteroatoms. The van der Waals surface area contributed by atoms with Gasteiger partial charge in [-0.1, -0.05) is 29.4 Å². The van der Waals surface area contributed by atoms with Gasteiger partial charge in [-0.25, -0.2) is 0 Å². The summed E-state index contributed by atoms with van der Waals surface area (Å²) >= 11 is 0. The maximum Gasteiger partial charge on any atom is 0.255 e. The molecule has 1 amide bonds. The molecule has 0 aliphatic heterocycles. The molecule has 0 atom stereocenters. The van der Waals surface area contributed by atoms with Crippen LogP contribution in [-0.4, -0.2) is 36.7 Å². The van der Waals surface area contributed by atoms with Gasteiger partial charge in [-0.3, -0.25) is 9.69 Å². The Morgan fingerprint density at radius 2 is 1.90 bits per heavy atom. The molecule has 0 fully saturated rings. The van der Waals surface area contributed by atoms with Gasteiger partial charge < -0.3 is 19.7 Å². The minimum Gasteiger partial charge on any atom is -0.496 e. The van der Waals surface area contributed by atoms with E-state index in [1.165, 1.54) is 0 Å². The molecule has 158 valence electrons. The molecule has 30 heavy (non-hydrogen) atoms. The molecule has 3 aromatic rings. The van der Waals surface area contributed by atoms with Crippen LogP contribution in [0.15, 0.2) is 47.0 Å². The summed E-state index contributed by atoms with van der Waals surface area (Å²) < 4.78 is 16.4. The number of carbonyl (C=O) groups excluding carboxylic acids is 1. The number of amides is 1. The number of nitrogens with two attached hydrogens (primary N) is 1. The molecule has 1 heterocycles. The standard InChI is InChI=1S/C23H27N3O4/c1-15-20(16(2)30-25-15)13-26(3)12-18-11-17(9-10-21(18)29-14-23(24)27)19-7-5-6-8-22(19)28-4/h5-11H,12-14H2,1-4H3,(H2,24,27). The van der Waals surface area contributed by atoms with Crippen LogP contribution in [0.1, 0.15) is 22.6 Å². The van der Waals surface area contributed by atoms with E-state index in [-0.39, 0.29) is 6.61 Å². The van der Waals surface area contributed by atoms with Crippen LogP contribution in [0.25, 0.3) is 11.1 Å². The maximum atomic E-state index is 11.2. The highest BCUT2D eigenvalue weighted by Gasteiger charge is 2.15. The molecule has 3 rings (SSSR count). The minimum absolute atomic E-state index is 0.172. The van der Waals surface area contributed by atoms with Crippen molar-refractivity contribution in [2.45, 2.75) is 26.9 Å². The fourth-order valence-corrected chi connectivity index (χ4v) is 3.39.